The minimum atomic E-state index is -1.25. The van der Waals surface area contributed by atoms with Gasteiger partial charge in [-0.2, -0.15) is 0 Å². The van der Waals surface area contributed by atoms with Crippen LogP contribution in [0.25, 0.3) is 33.6 Å². The molecule has 0 aliphatic carbocycles. The van der Waals surface area contributed by atoms with Crippen molar-refractivity contribution in [3.8, 4) is 33.6 Å². The predicted octanol–water partition coefficient (Wildman–Crippen LogP) is 7.98. The molecular weight excluding hydrogens is 724 g/mol. The number of aromatic nitrogens is 4. The molecule has 57 heavy (non-hydrogen) atoms. The van der Waals surface area contributed by atoms with Gasteiger partial charge in [0.25, 0.3) is 0 Å². The lowest BCUT2D eigenvalue weighted by atomic mass is 10.0. The fourth-order valence-electron chi connectivity index (χ4n) is 8.40. The third-order valence-corrected chi connectivity index (χ3v) is 11.4. The first-order chi connectivity index (χ1) is 27.6. The van der Waals surface area contributed by atoms with Crippen LogP contribution in [0, 0.1) is 11.7 Å². The number of nitrogens with one attached hydrogen (secondary N) is 3. The van der Waals surface area contributed by atoms with Crippen LogP contribution >= 0.6 is 0 Å². The number of hydrogen-bond acceptors (Lipinski definition) is 6. The lowest BCUT2D eigenvalue weighted by Crippen LogP contribution is -2.50. The van der Waals surface area contributed by atoms with Crippen molar-refractivity contribution in [3.05, 3.63) is 108 Å². The zero-order valence-electron chi connectivity index (χ0n) is 32.9. The topological polar surface area (TPSA) is 151 Å². The van der Waals surface area contributed by atoms with E-state index in [1.807, 2.05) is 71.8 Å². The highest BCUT2D eigenvalue weighted by Crippen LogP contribution is 2.37. The lowest BCUT2D eigenvalue weighted by Gasteiger charge is -2.34. The molecule has 2 saturated heterocycles. The van der Waals surface area contributed by atoms with Crippen LogP contribution in [0.5, 0.6) is 0 Å². The molecule has 13 heteroatoms. The number of halogens is 1. The number of hydrogen-bond donors (Lipinski definition) is 4. The van der Waals surface area contributed by atoms with Crippen molar-refractivity contribution in [3.63, 3.8) is 0 Å². The van der Waals surface area contributed by atoms with E-state index >= 15 is 4.39 Å². The Morgan fingerprint density at radius 1 is 0.807 bits per heavy atom. The number of imidazole rings is 2. The van der Waals surface area contributed by atoms with Crippen LogP contribution in [0.1, 0.15) is 88.7 Å². The number of carbonyl (C=O) groups excluding carboxylic acids is 2. The van der Waals surface area contributed by atoms with E-state index in [0.29, 0.717) is 42.2 Å². The van der Waals surface area contributed by atoms with Crippen molar-refractivity contribution in [1.29, 1.82) is 0 Å². The molecule has 0 spiro atoms. The summed E-state index contributed by atoms with van der Waals surface area (Å²) in [6, 6.07) is 21.2. The molecule has 0 radical (unpaired) electrons. The number of benzene rings is 3. The summed E-state index contributed by atoms with van der Waals surface area (Å²) in [6.45, 7) is 10.5. The van der Waals surface area contributed by atoms with Crippen molar-refractivity contribution < 1.29 is 23.9 Å². The summed E-state index contributed by atoms with van der Waals surface area (Å²) < 4.78 is 15.7. The average Bonchev–Trinajstić information content (AvgIpc) is 4.06. The van der Waals surface area contributed by atoms with Crippen molar-refractivity contribution in [2.75, 3.05) is 26.2 Å². The number of amides is 3. The molecule has 0 bridgehead atoms. The number of likely N-dealkylation sites (N-methyl/N-ethyl adjacent to an activating group) is 1. The van der Waals surface area contributed by atoms with Gasteiger partial charge in [0, 0.05) is 18.7 Å². The van der Waals surface area contributed by atoms with Gasteiger partial charge in [-0.1, -0.05) is 88.4 Å². The van der Waals surface area contributed by atoms with E-state index in [1.54, 1.807) is 31.0 Å². The molecule has 5 aromatic rings. The van der Waals surface area contributed by atoms with Crippen LogP contribution in [-0.4, -0.2) is 89.9 Å². The summed E-state index contributed by atoms with van der Waals surface area (Å²) in [5.41, 5.74) is 5.18. The SMILES string of the molecule is CCN(CC)[C@@H](C(=O)N1CCC[C@H]1c1ncc(-c2ccc(-c3ccc(-c4cnc([C@@H]5CCCN5C(=O)[C@@H](NC(=O)O)C(C)C)[nH]4)c(F)c3)cc2)[nH]1)c1ccccc1. The van der Waals surface area contributed by atoms with E-state index in [9.17, 15) is 19.5 Å². The van der Waals surface area contributed by atoms with Crippen LogP contribution < -0.4 is 5.32 Å². The van der Waals surface area contributed by atoms with Crippen LogP contribution in [0.4, 0.5) is 9.18 Å². The van der Waals surface area contributed by atoms with Crippen molar-refractivity contribution in [2.24, 2.45) is 5.92 Å². The number of H-pyrrole nitrogens is 2. The monoisotopic (exact) mass is 774 g/mol. The summed E-state index contributed by atoms with van der Waals surface area (Å²) in [5.74, 6) is 0.470. The Morgan fingerprint density at radius 3 is 1.95 bits per heavy atom. The molecule has 2 fully saturated rings. The van der Waals surface area contributed by atoms with Gasteiger partial charge in [-0.3, -0.25) is 14.5 Å². The molecule has 0 unspecified atom stereocenters. The van der Waals surface area contributed by atoms with Crippen molar-refractivity contribution in [1.82, 2.24) is 40.0 Å². The Labute approximate surface area is 332 Å². The molecule has 3 amide bonds. The molecule has 2 aromatic heterocycles. The Balaban J connectivity index is 1.04. The molecule has 3 aromatic carbocycles. The van der Waals surface area contributed by atoms with Crippen molar-refractivity contribution in [2.45, 2.75) is 77.5 Å². The van der Waals surface area contributed by atoms with Crippen molar-refractivity contribution >= 4 is 17.9 Å². The van der Waals surface area contributed by atoms with Gasteiger partial charge in [0.15, 0.2) is 0 Å². The first-order valence-corrected chi connectivity index (χ1v) is 20.0. The van der Waals surface area contributed by atoms with Gasteiger partial charge in [0.1, 0.15) is 29.5 Å². The third kappa shape index (κ3) is 8.20. The second kappa shape index (κ2) is 17.1. The van der Waals surface area contributed by atoms with Gasteiger partial charge in [0.05, 0.1) is 35.9 Å². The molecule has 298 valence electrons. The van der Waals surface area contributed by atoms with E-state index in [4.69, 9.17) is 4.98 Å². The second-order valence-electron chi connectivity index (χ2n) is 15.2. The maximum Gasteiger partial charge on any atom is 0.405 e. The van der Waals surface area contributed by atoms with Gasteiger partial charge >= 0.3 is 6.09 Å². The normalized spacial score (nSPS) is 18.0. The van der Waals surface area contributed by atoms with E-state index < -0.39 is 18.0 Å². The van der Waals surface area contributed by atoms with E-state index in [2.05, 4.69) is 39.0 Å². The van der Waals surface area contributed by atoms with Gasteiger partial charge in [-0.25, -0.2) is 19.2 Å². The minimum Gasteiger partial charge on any atom is -0.465 e. The number of rotatable bonds is 13. The van der Waals surface area contributed by atoms with Gasteiger partial charge in [-0.15, -0.1) is 0 Å². The zero-order chi connectivity index (χ0) is 40.2. The van der Waals surface area contributed by atoms with Crippen LogP contribution in [-0.2, 0) is 9.59 Å². The van der Waals surface area contributed by atoms with E-state index in [-0.39, 0.29) is 35.9 Å². The number of carboxylic acid groups (broad SMARTS) is 1. The number of aromatic amines is 2. The minimum absolute atomic E-state index is 0.0976. The van der Waals surface area contributed by atoms with Crippen LogP contribution in [0.3, 0.4) is 0 Å². The number of likely N-dealkylation sites (tertiary alicyclic amines) is 2. The Hall–Kier alpha value is -5.82. The van der Waals surface area contributed by atoms with Crippen LogP contribution in [0.15, 0.2) is 85.2 Å². The first kappa shape index (κ1) is 39.4. The van der Waals surface area contributed by atoms with Gasteiger partial charge in [0.2, 0.25) is 11.8 Å². The summed E-state index contributed by atoms with van der Waals surface area (Å²) >= 11 is 0. The fourth-order valence-corrected chi connectivity index (χ4v) is 8.40. The largest absolute Gasteiger partial charge is 0.465 e. The molecule has 2 aliphatic rings. The molecule has 7 rings (SSSR count). The molecule has 4 heterocycles. The first-order valence-electron chi connectivity index (χ1n) is 20.0. The average molecular weight is 775 g/mol. The highest BCUT2D eigenvalue weighted by atomic mass is 19.1. The van der Waals surface area contributed by atoms with Gasteiger partial charge < -0.3 is 30.2 Å². The lowest BCUT2D eigenvalue weighted by molar-refractivity contribution is -0.138. The third-order valence-electron chi connectivity index (χ3n) is 11.4. The van der Waals surface area contributed by atoms with E-state index in [0.717, 1.165) is 60.6 Å². The molecular formula is C44H51FN8O4. The maximum atomic E-state index is 15.7. The molecule has 4 atom stereocenters. The zero-order valence-corrected chi connectivity index (χ0v) is 32.9. The summed E-state index contributed by atoms with van der Waals surface area (Å²) in [4.78, 5) is 60.8. The molecule has 12 nitrogen and oxygen atoms in total. The maximum absolute atomic E-state index is 15.7. The molecule has 0 saturated carbocycles. The summed E-state index contributed by atoms with van der Waals surface area (Å²) in [6.07, 6.45) is 5.30. The highest BCUT2D eigenvalue weighted by molar-refractivity contribution is 5.86. The second-order valence-corrected chi connectivity index (χ2v) is 15.2. The molecule has 4 N–H and O–H groups in total. The predicted molar refractivity (Wildman–Crippen MR) is 216 cm³/mol. The Morgan fingerprint density at radius 2 is 1.37 bits per heavy atom. The quantitative estimate of drug-likeness (QED) is 0.0948. The smallest absolute Gasteiger partial charge is 0.405 e. The fraction of sp³-hybridized carbons (Fsp3) is 0.386. The number of carbonyl (C=O) groups is 3. The Kier molecular flexibility index (Phi) is 11.8. The number of nitrogens with zero attached hydrogens (tertiary/aromatic N) is 5. The summed E-state index contributed by atoms with van der Waals surface area (Å²) in [5, 5.41) is 11.6. The molecule has 2 aliphatic heterocycles. The van der Waals surface area contributed by atoms with Crippen LogP contribution in [0.2, 0.25) is 0 Å². The van der Waals surface area contributed by atoms with E-state index in [1.165, 1.54) is 6.07 Å². The summed E-state index contributed by atoms with van der Waals surface area (Å²) in [7, 11) is 0. The Bertz CT molecular complexity index is 2180. The standard InChI is InChI=1S/C44H51FN8O4/c1-5-51(6-2)39(30-12-8-7-9-13-30)43(55)53-23-11-15-37(53)40-46-25-34(48-40)29-18-16-28(17-19-29)31-20-21-32(33(45)24-31)35-26-47-41(49-35)36-14-10-22-52(36)42(54)38(27(3)4)50-44(56)57/h7-9,12-13,16-21,24-27,36-39,50H,5-6,10-11,14-15,22-23H2,1-4H3,(H,46,48)(H,47,49)(H,56,57)/t36-,37-,38-,39+/m0/s1. The van der Waals surface area contributed by atoms with Gasteiger partial charge in [-0.05, 0) is 79.1 Å². The highest BCUT2D eigenvalue weighted by Gasteiger charge is 2.39.